The Bertz CT molecular complexity index is 570. The summed E-state index contributed by atoms with van der Waals surface area (Å²) in [6.45, 7) is 5.81. The van der Waals surface area contributed by atoms with Crippen LogP contribution in [0.3, 0.4) is 0 Å². The van der Waals surface area contributed by atoms with Gasteiger partial charge in [0.2, 0.25) is 0 Å². The maximum absolute atomic E-state index is 6.38. The number of aromatic nitrogens is 1. The number of nitrogens with zero attached hydrogens (tertiary/aromatic N) is 2. The topological polar surface area (TPSA) is 28.2 Å². The molecule has 2 rings (SSSR count). The van der Waals surface area contributed by atoms with E-state index in [-0.39, 0.29) is 0 Å². The van der Waals surface area contributed by atoms with E-state index in [2.05, 4.69) is 41.2 Å². The Morgan fingerprint density at radius 2 is 2.05 bits per heavy atom. The van der Waals surface area contributed by atoms with Gasteiger partial charge in [0.1, 0.15) is 0 Å². The summed E-state index contributed by atoms with van der Waals surface area (Å²) in [6.07, 6.45) is 1.82. The second-order valence-electron chi connectivity index (χ2n) is 5.49. The molecule has 112 valence electrons. The van der Waals surface area contributed by atoms with Crippen molar-refractivity contribution in [3.63, 3.8) is 0 Å². The molecule has 1 aromatic carbocycles. The molecule has 0 unspecified atom stereocenters. The van der Waals surface area contributed by atoms with Crippen LogP contribution in [0.15, 0.2) is 42.6 Å². The summed E-state index contributed by atoms with van der Waals surface area (Å²) in [7, 11) is 2.05. The third kappa shape index (κ3) is 4.73. The standard InChI is InChI=1S/C17H22ClN3/c1-13(2)20-11-14-7-8-16(10-17(14)18)21(3)12-15-6-4-5-9-19-15/h4-10,13,20H,11-12H2,1-3H3. The molecule has 0 spiro atoms. The molecule has 0 aliphatic heterocycles. The van der Waals surface area contributed by atoms with Gasteiger partial charge < -0.3 is 10.2 Å². The molecule has 0 radical (unpaired) electrons. The van der Waals surface area contributed by atoms with E-state index in [4.69, 9.17) is 11.6 Å². The van der Waals surface area contributed by atoms with Crippen LogP contribution in [0, 0.1) is 0 Å². The minimum atomic E-state index is 0.451. The highest BCUT2D eigenvalue weighted by Crippen LogP contribution is 2.24. The SMILES string of the molecule is CC(C)NCc1ccc(N(C)Cc2ccccn2)cc1Cl. The number of benzene rings is 1. The molecule has 21 heavy (non-hydrogen) atoms. The highest BCUT2D eigenvalue weighted by atomic mass is 35.5. The van der Waals surface area contributed by atoms with Gasteiger partial charge in [0, 0.05) is 36.5 Å². The fraction of sp³-hybridized carbons (Fsp3) is 0.353. The molecular formula is C17H22ClN3. The number of pyridine rings is 1. The molecule has 0 fully saturated rings. The summed E-state index contributed by atoms with van der Waals surface area (Å²) < 4.78 is 0. The van der Waals surface area contributed by atoms with E-state index in [1.165, 1.54) is 0 Å². The lowest BCUT2D eigenvalue weighted by Gasteiger charge is -2.20. The van der Waals surface area contributed by atoms with E-state index in [1.54, 1.807) is 0 Å². The van der Waals surface area contributed by atoms with Crippen molar-refractivity contribution in [3.05, 3.63) is 58.9 Å². The summed E-state index contributed by atoms with van der Waals surface area (Å²) in [5, 5.41) is 4.18. The average molecular weight is 304 g/mol. The van der Waals surface area contributed by atoms with Crippen LogP contribution < -0.4 is 10.2 Å². The van der Waals surface area contributed by atoms with Crippen molar-refractivity contribution in [3.8, 4) is 0 Å². The maximum atomic E-state index is 6.38. The Morgan fingerprint density at radius 1 is 1.24 bits per heavy atom. The van der Waals surface area contributed by atoms with Crippen LogP contribution >= 0.6 is 11.6 Å². The minimum Gasteiger partial charge on any atom is -0.369 e. The first-order valence-corrected chi connectivity index (χ1v) is 7.57. The lowest BCUT2D eigenvalue weighted by Crippen LogP contribution is -2.22. The zero-order valence-electron chi connectivity index (χ0n) is 12.8. The molecule has 1 aromatic heterocycles. The van der Waals surface area contributed by atoms with Crippen LogP contribution in [0.1, 0.15) is 25.1 Å². The molecule has 0 amide bonds. The third-order valence-electron chi connectivity index (χ3n) is 3.30. The van der Waals surface area contributed by atoms with E-state index >= 15 is 0 Å². The Hall–Kier alpha value is -1.58. The van der Waals surface area contributed by atoms with E-state index in [1.807, 2.05) is 37.5 Å². The van der Waals surface area contributed by atoms with Gasteiger partial charge in [0.05, 0.1) is 12.2 Å². The third-order valence-corrected chi connectivity index (χ3v) is 3.66. The van der Waals surface area contributed by atoms with Gasteiger partial charge in [0.15, 0.2) is 0 Å². The van der Waals surface area contributed by atoms with Crippen molar-refractivity contribution < 1.29 is 0 Å². The second kappa shape index (κ2) is 7.43. The molecule has 0 aliphatic rings. The highest BCUT2D eigenvalue weighted by Gasteiger charge is 2.07. The van der Waals surface area contributed by atoms with Gasteiger partial charge >= 0.3 is 0 Å². The summed E-state index contributed by atoms with van der Waals surface area (Å²) >= 11 is 6.38. The number of hydrogen-bond donors (Lipinski definition) is 1. The largest absolute Gasteiger partial charge is 0.369 e. The van der Waals surface area contributed by atoms with Gasteiger partial charge in [-0.05, 0) is 29.8 Å². The fourth-order valence-corrected chi connectivity index (χ4v) is 2.30. The van der Waals surface area contributed by atoms with Gasteiger partial charge in [-0.1, -0.05) is 37.6 Å². The summed E-state index contributed by atoms with van der Waals surface area (Å²) in [4.78, 5) is 6.50. The van der Waals surface area contributed by atoms with Gasteiger partial charge in [-0.25, -0.2) is 0 Å². The van der Waals surface area contributed by atoms with E-state index in [9.17, 15) is 0 Å². The summed E-state index contributed by atoms with van der Waals surface area (Å²) in [6, 6.07) is 12.6. The van der Waals surface area contributed by atoms with Gasteiger partial charge in [0.25, 0.3) is 0 Å². The highest BCUT2D eigenvalue weighted by molar-refractivity contribution is 6.31. The average Bonchev–Trinajstić information content (AvgIpc) is 2.46. The van der Waals surface area contributed by atoms with E-state index in [0.29, 0.717) is 6.04 Å². The predicted molar refractivity (Wildman–Crippen MR) is 89.8 cm³/mol. The smallest absolute Gasteiger partial charge is 0.0598 e. The summed E-state index contributed by atoms with van der Waals surface area (Å²) in [5.74, 6) is 0. The molecule has 0 saturated carbocycles. The molecule has 3 nitrogen and oxygen atoms in total. The summed E-state index contributed by atoms with van der Waals surface area (Å²) in [5.41, 5.74) is 3.26. The van der Waals surface area contributed by atoms with Crippen LogP contribution in [0.5, 0.6) is 0 Å². The monoisotopic (exact) mass is 303 g/mol. The molecule has 0 bridgehead atoms. The molecule has 1 N–H and O–H groups in total. The normalized spacial score (nSPS) is 10.9. The molecule has 0 aliphatic carbocycles. The molecule has 1 heterocycles. The first-order valence-electron chi connectivity index (χ1n) is 7.19. The quantitative estimate of drug-likeness (QED) is 0.878. The lowest BCUT2D eigenvalue weighted by molar-refractivity contribution is 0.589. The van der Waals surface area contributed by atoms with Gasteiger partial charge in [-0.15, -0.1) is 0 Å². The van der Waals surface area contributed by atoms with Crippen molar-refractivity contribution in [2.75, 3.05) is 11.9 Å². The predicted octanol–water partition coefficient (Wildman–Crippen LogP) is 3.87. The van der Waals surface area contributed by atoms with Gasteiger partial charge in [-0.3, -0.25) is 4.98 Å². The maximum Gasteiger partial charge on any atom is 0.0598 e. The Balaban J connectivity index is 2.05. The Morgan fingerprint density at radius 3 is 2.67 bits per heavy atom. The number of rotatable bonds is 6. The molecule has 0 atom stereocenters. The van der Waals surface area contributed by atoms with Crippen LogP contribution in [-0.2, 0) is 13.1 Å². The lowest BCUT2D eigenvalue weighted by atomic mass is 10.2. The Labute approximate surface area is 132 Å². The van der Waals surface area contributed by atoms with Crippen LogP contribution in [0.25, 0.3) is 0 Å². The first-order chi connectivity index (χ1) is 10.1. The Kier molecular flexibility index (Phi) is 5.59. The molecule has 2 aromatic rings. The van der Waals surface area contributed by atoms with E-state index < -0.39 is 0 Å². The van der Waals surface area contributed by atoms with Crippen LogP contribution in [0.4, 0.5) is 5.69 Å². The number of halogens is 1. The molecule has 0 saturated heterocycles. The fourth-order valence-electron chi connectivity index (χ4n) is 2.06. The zero-order chi connectivity index (χ0) is 15.2. The van der Waals surface area contributed by atoms with Gasteiger partial charge in [-0.2, -0.15) is 0 Å². The molecule has 4 heteroatoms. The number of anilines is 1. The second-order valence-corrected chi connectivity index (χ2v) is 5.90. The van der Waals surface area contributed by atoms with Crippen molar-refractivity contribution in [2.24, 2.45) is 0 Å². The van der Waals surface area contributed by atoms with E-state index in [0.717, 1.165) is 35.1 Å². The van der Waals surface area contributed by atoms with Crippen LogP contribution in [0.2, 0.25) is 5.02 Å². The van der Waals surface area contributed by atoms with Crippen molar-refractivity contribution in [1.82, 2.24) is 10.3 Å². The van der Waals surface area contributed by atoms with Crippen molar-refractivity contribution >= 4 is 17.3 Å². The zero-order valence-corrected chi connectivity index (χ0v) is 13.6. The van der Waals surface area contributed by atoms with Crippen LogP contribution in [-0.4, -0.2) is 18.1 Å². The number of hydrogen-bond acceptors (Lipinski definition) is 3. The number of nitrogens with one attached hydrogen (secondary N) is 1. The first kappa shape index (κ1) is 15.8. The minimum absolute atomic E-state index is 0.451. The molecular weight excluding hydrogens is 282 g/mol. The van der Waals surface area contributed by atoms with Crippen molar-refractivity contribution in [2.45, 2.75) is 33.0 Å². The van der Waals surface area contributed by atoms with Crippen molar-refractivity contribution in [1.29, 1.82) is 0 Å².